The average molecular weight is 523 g/mol. The fourth-order valence-electron chi connectivity index (χ4n) is 2.91. The molecule has 5 N–H and O–H groups in total. The first-order valence-corrected chi connectivity index (χ1v) is 12.9. The summed E-state index contributed by atoms with van der Waals surface area (Å²) in [6.07, 6.45) is -3.94. The Kier molecular flexibility index (Phi) is 7.13. The van der Waals surface area contributed by atoms with Gasteiger partial charge in [-0.05, 0) is 6.07 Å². The van der Waals surface area contributed by atoms with Gasteiger partial charge in [0.2, 0.25) is 6.79 Å². The minimum absolute atomic E-state index is 0.0270. The van der Waals surface area contributed by atoms with Gasteiger partial charge in [-0.25, -0.2) is 13.7 Å². The molecular formula is C12H16NO16P3. The van der Waals surface area contributed by atoms with E-state index in [-0.39, 0.29) is 36.0 Å². The summed E-state index contributed by atoms with van der Waals surface area (Å²) in [4.78, 5) is 46.3. The number of phosphoric acid groups is 3. The van der Waals surface area contributed by atoms with Crippen LogP contribution in [0.15, 0.2) is 12.1 Å². The van der Waals surface area contributed by atoms with Crippen molar-refractivity contribution in [2.45, 2.75) is 24.7 Å². The predicted molar refractivity (Wildman–Crippen MR) is 97.3 cm³/mol. The molecule has 0 radical (unpaired) electrons. The van der Waals surface area contributed by atoms with Gasteiger partial charge in [0.1, 0.15) is 6.10 Å². The van der Waals surface area contributed by atoms with Crippen molar-refractivity contribution in [1.29, 1.82) is 0 Å². The Morgan fingerprint density at radius 2 is 1.69 bits per heavy atom. The summed E-state index contributed by atoms with van der Waals surface area (Å²) < 4.78 is 61.0. The maximum absolute atomic E-state index is 11.8. The number of phosphoric ester groups is 1. The number of benzene rings is 1. The van der Waals surface area contributed by atoms with Crippen LogP contribution in [0.3, 0.4) is 0 Å². The van der Waals surface area contributed by atoms with Crippen molar-refractivity contribution in [3.05, 3.63) is 27.8 Å². The molecule has 0 aliphatic carbocycles. The zero-order valence-electron chi connectivity index (χ0n) is 15.5. The Morgan fingerprint density at radius 1 is 1.06 bits per heavy atom. The average Bonchev–Trinajstić information content (AvgIpc) is 3.21. The van der Waals surface area contributed by atoms with Crippen molar-refractivity contribution in [2.75, 3.05) is 13.4 Å². The quantitative estimate of drug-likeness (QED) is 0.171. The SMILES string of the molecule is O=[N+]([O-])c1cc2c(cc1[C@H]1CC(O)[C@@H](COP(=O)(O)OP(=O)(O)OP(=O)(O)O)O1)OCO2. The van der Waals surface area contributed by atoms with Gasteiger partial charge < -0.3 is 38.9 Å². The van der Waals surface area contributed by atoms with Gasteiger partial charge in [-0.2, -0.15) is 8.62 Å². The Morgan fingerprint density at radius 3 is 2.28 bits per heavy atom. The van der Waals surface area contributed by atoms with E-state index in [1.807, 2.05) is 0 Å². The Labute approximate surface area is 178 Å². The van der Waals surface area contributed by atoms with Crippen LogP contribution in [0.1, 0.15) is 18.1 Å². The van der Waals surface area contributed by atoms with Gasteiger partial charge in [0, 0.05) is 6.42 Å². The predicted octanol–water partition coefficient (Wildman–Crippen LogP) is 0.858. The molecule has 1 aromatic rings. The van der Waals surface area contributed by atoms with Crippen LogP contribution in [0.2, 0.25) is 0 Å². The second-order valence-corrected chi connectivity index (χ2v) is 10.8. The van der Waals surface area contributed by atoms with Crippen LogP contribution < -0.4 is 9.47 Å². The van der Waals surface area contributed by atoms with E-state index in [9.17, 15) is 33.8 Å². The summed E-state index contributed by atoms with van der Waals surface area (Å²) in [5.74, 6) is 0.351. The fourth-order valence-corrected chi connectivity index (χ4v) is 5.94. The van der Waals surface area contributed by atoms with E-state index < -0.39 is 53.3 Å². The number of fused-ring (bicyclic) bond motifs is 1. The number of rotatable bonds is 9. The summed E-state index contributed by atoms with van der Waals surface area (Å²) >= 11 is 0. The van der Waals surface area contributed by atoms with Crippen LogP contribution in [0.25, 0.3) is 0 Å². The van der Waals surface area contributed by atoms with Crippen LogP contribution in [0.5, 0.6) is 11.5 Å². The third kappa shape index (κ3) is 6.32. The maximum atomic E-state index is 11.8. The lowest BCUT2D eigenvalue weighted by atomic mass is 10.0. The monoisotopic (exact) mass is 523 g/mol. The van der Waals surface area contributed by atoms with Gasteiger partial charge in [0.15, 0.2) is 11.5 Å². The van der Waals surface area contributed by atoms with Crippen LogP contribution in [0.4, 0.5) is 5.69 Å². The number of nitro benzene ring substituents is 1. The molecule has 1 fully saturated rings. The Balaban J connectivity index is 1.67. The number of nitrogens with zero attached hydrogens (tertiary/aromatic N) is 1. The molecule has 0 saturated carbocycles. The molecule has 2 heterocycles. The standard InChI is InChI=1S/C12H16NO16P3/c14-8-3-9(6-1-10-11(25-5-24-10)2-7(6)13(15)16)27-12(8)4-26-31(20,21)29-32(22,23)28-30(17,18)19/h1-2,8-9,12,14H,3-5H2,(H,20,21)(H,22,23)(H2,17,18,19)/t8?,9-,12-/m1/s1. The van der Waals surface area contributed by atoms with Crippen molar-refractivity contribution in [3.8, 4) is 11.5 Å². The highest BCUT2D eigenvalue weighted by Crippen LogP contribution is 2.66. The van der Waals surface area contributed by atoms with Gasteiger partial charge in [-0.3, -0.25) is 14.6 Å². The highest BCUT2D eigenvalue weighted by molar-refractivity contribution is 7.66. The van der Waals surface area contributed by atoms with Crippen LogP contribution >= 0.6 is 23.5 Å². The van der Waals surface area contributed by atoms with E-state index >= 15 is 0 Å². The number of aliphatic hydroxyl groups is 1. The first-order valence-electron chi connectivity index (χ1n) is 8.35. The Hall–Kier alpha value is -1.45. The lowest BCUT2D eigenvalue weighted by molar-refractivity contribution is -0.386. The maximum Gasteiger partial charge on any atom is 0.490 e. The minimum Gasteiger partial charge on any atom is -0.454 e. The van der Waals surface area contributed by atoms with Gasteiger partial charge in [0.05, 0.1) is 35.4 Å². The molecule has 2 aliphatic heterocycles. The third-order valence-corrected chi connectivity index (χ3v) is 7.91. The minimum atomic E-state index is -5.70. The van der Waals surface area contributed by atoms with E-state index in [1.54, 1.807) is 0 Å². The van der Waals surface area contributed by atoms with E-state index in [0.717, 1.165) is 6.07 Å². The second kappa shape index (κ2) is 9.06. The highest BCUT2D eigenvalue weighted by Gasteiger charge is 2.43. The topological polar surface area (TPSA) is 251 Å². The molecule has 0 aromatic heterocycles. The third-order valence-electron chi connectivity index (χ3n) is 4.11. The number of hydrogen-bond donors (Lipinski definition) is 5. The molecule has 32 heavy (non-hydrogen) atoms. The van der Waals surface area contributed by atoms with Crippen LogP contribution in [-0.2, 0) is 31.6 Å². The van der Waals surface area contributed by atoms with Crippen LogP contribution in [-0.4, -0.2) is 55.2 Å². The lowest BCUT2D eigenvalue weighted by Gasteiger charge is -2.19. The normalized spacial score (nSPS) is 26.5. The second-order valence-electron chi connectivity index (χ2n) is 6.37. The summed E-state index contributed by atoms with van der Waals surface area (Å²) in [6.45, 7) is -1.05. The molecule has 0 bridgehead atoms. The van der Waals surface area contributed by atoms with Crippen molar-refractivity contribution in [3.63, 3.8) is 0 Å². The van der Waals surface area contributed by atoms with Crippen molar-refractivity contribution >= 4 is 29.2 Å². The summed E-state index contributed by atoms with van der Waals surface area (Å²) in [6, 6.07) is 2.41. The molecular weight excluding hydrogens is 507 g/mol. The van der Waals surface area contributed by atoms with Gasteiger partial charge >= 0.3 is 23.5 Å². The molecule has 180 valence electrons. The molecule has 1 saturated heterocycles. The fraction of sp³-hybridized carbons (Fsp3) is 0.500. The highest BCUT2D eigenvalue weighted by atomic mass is 31.3. The first kappa shape index (κ1) is 25.2. The smallest absolute Gasteiger partial charge is 0.454 e. The first-order chi connectivity index (χ1) is 14.7. The molecule has 20 heteroatoms. The van der Waals surface area contributed by atoms with E-state index in [2.05, 4.69) is 13.1 Å². The lowest BCUT2D eigenvalue weighted by Crippen LogP contribution is -2.26. The van der Waals surface area contributed by atoms with Gasteiger partial charge in [-0.15, -0.1) is 0 Å². The van der Waals surface area contributed by atoms with Crippen LogP contribution in [0, 0.1) is 10.1 Å². The molecule has 0 spiro atoms. The largest absolute Gasteiger partial charge is 0.490 e. The summed E-state index contributed by atoms with van der Waals surface area (Å²) in [5.41, 5.74) is -0.362. The van der Waals surface area contributed by atoms with E-state index in [4.69, 9.17) is 28.9 Å². The number of hydrogen-bond acceptors (Lipinski definition) is 12. The van der Waals surface area contributed by atoms with E-state index in [1.165, 1.54) is 6.07 Å². The zero-order valence-corrected chi connectivity index (χ0v) is 18.2. The molecule has 3 rings (SSSR count). The molecule has 5 atom stereocenters. The Bertz CT molecular complexity index is 1040. The zero-order chi connectivity index (χ0) is 23.9. The molecule has 1 aromatic carbocycles. The van der Waals surface area contributed by atoms with Crippen molar-refractivity contribution in [1.82, 2.24) is 0 Å². The van der Waals surface area contributed by atoms with Gasteiger partial charge in [-0.1, -0.05) is 0 Å². The summed E-state index contributed by atoms with van der Waals surface area (Å²) in [7, 11) is -16.7. The van der Waals surface area contributed by atoms with E-state index in [0.29, 0.717) is 0 Å². The molecule has 0 amide bonds. The van der Waals surface area contributed by atoms with Crippen molar-refractivity contribution < 1.29 is 70.7 Å². The van der Waals surface area contributed by atoms with Gasteiger partial charge in [0.25, 0.3) is 5.69 Å². The molecule has 3 unspecified atom stereocenters. The number of nitro groups is 1. The number of ether oxygens (including phenoxy) is 3. The molecule has 17 nitrogen and oxygen atoms in total. The molecule has 2 aliphatic rings. The number of aliphatic hydroxyl groups excluding tert-OH is 1. The summed E-state index contributed by atoms with van der Waals surface area (Å²) in [5, 5.41) is 21.5. The van der Waals surface area contributed by atoms with Crippen molar-refractivity contribution in [2.24, 2.45) is 0 Å².